The molecule has 0 aliphatic heterocycles. The summed E-state index contributed by atoms with van der Waals surface area (Å²) in [5, 5.41) is 18.2. The van der Waals surface area contributed by atoms with Crippen molar-refractivity contribution in [1.82, 2.24) is 20.9 Å². The van der Waals surface area contributed by atoms with Gasteiger partial charge in [-0.2, -0.15) is 12.6 Å². The Morgan fingerprint density at radius 2 is 1.41 bits per heavy atom. The van der Waals surface area contributed by atoms with Gasteiger partial charge in [0.15, 0.2) is 0 Å². The van der Waals surface area contributed by atoms with Crippen molar-refractivity contribution in [2.45, 2.75) is 69.1 Å². The summed E-state index contributed by atoms with van der Waals surface area (Å²) in [6, 6.07) is 3.56. The number of aromatic amines is 1. The van der Waals surface area contributed by atoms with E-state index >= 15 is 0 Å². The molecule has 4 atom stereocenters. The summed E-state index contributed by atoms with van der Waals surface area (Å²) in [6.07, 6.45) is 4.91. The fourth-order valence-electron chi connectivity index (χ4n) is 4.16. The fraction of sp³-hybridized carbons (Fsp3) is 0.538. The minimum atomic E-state index is -1.18. The molecule has 0 aliphatic carbocycles. The van der Waals surface area contributed by atoms with Gasteiger partial charge in [0.25, 0.3) is 0 Å². The summed E-state index contributed by atoms with van der Waals surface area (Å²) in [4.78, 5) is 53.6. The number of thiol groups is 1. The van der Waals surface area contributed by atoms with Crippen molar-refractivity contribution < 1.29 is 24.3 Å². The number of carboxylic acids is 1. The van der Waals surface area contributed by atoms with Gasteiger partial charge < -0.3 is 43.2 Å². The Bertz CT molecular complexity index is 1100. The van der Waals surface area contributed by atoms with Crippen LogP contribution in [0.1, 0.15) is 44.1 Å². The van der Waals surface area contributed by atoms with Gasteiger partial charge in [0.2, 0.25) is 17.7 Å². The Kier molecular flexibility index (Phi) is 13.8. The maximum Gasteiger partial charge on any atom is 0.326 e. The lowest BCUT2D eigenvalue weighted by atomic mass is 10.0. The molecular weight excluding hydrogens is 522 g/mol. The highest BCUT2D eigenvalue weighted by Gasteiger charge is 2.29. The van der Waals surface area contributed by atoms with Crippen LogP contribution in [0.3, 0.4) is 0 Å². The summed E-state index contributed by atoms with van der Waals surface area (Å²) in [6.45, 7) is 0.836. The molecule has 13 heteroatoms. The number of H-pyrrole nitrogens is 1. The maximum atomic E-state index is 13.1. The fourth-order valence-corrected chi connectivity index (χ4v) is 4.42. The average Bonchev–Trinajstić information content (AvgIpc) is 3.32. The van der Waals surface area contributed by atoms with Crippen LogP contribution in [-0.2, 0) is 25.6 Å². The van der Waals surface area contributed by atoms with Gasteiger partial charge in [-0.05, 0) is 69.7 Å². The molecule has 12 nitrogen and oxygen atoms in total. The van der Waals surface area contributed by atoms with Crippen molar-refractivity contribution in [3.05, 3.63) is 36.0 Å². The number of aromatic nitrogens is 1. The van der Waals surface area contributed by atoms with Crippen LogP contribution in [0.2, 0.25) is 0 Å². The lowest BCUT2D eigenvalue weighted by Gasteiger charge is -2.24. The van der Waals surface area contributed by atoms with Gasteiger partial charge in [0, 0.05) is 22.9 Å². The Morgan fingerprint density at radius 1 is 0.846 bits per heavy atom. The number of nitrogens with two attached hydrogens (primary N) is 3. The van der Waals surface area contributed by atoms with E-state index in [0.29, 0.717) is 38.8 Å². The number of carbonyl (C=O) groups is 4. The number of carboxylic acid groups (broad SMARTS) is 1. The Labute approximate surface area is 233 Å². The molecule has 0 fully saturated rings. The van der Waals surface area contributed by atoms with Crippen LogP contribution in [0.15, 0.2) is 30.5 Å². The summed E-state index contributed by atoms with van der Waals surface area (Å²) >= 11 is 4.16. The predicted molar refractivity (Wildman–Crippen MR) is 153 cm³/mol. The zero-order chi connectivity index (χ0) is 28.8. The van der Waals surface area contributed by atoms with Gasteiger partial charge in [-0.25, -0.2) is 4.79 Å². The minimum absolute atomic E-state index is 0.0732. The minimum Gasteiger partial charge on any atom is -0.480 e. The summed E-state index contributed by atoms with van der Waals surface area (Å²) in [5.41, 5.74) is 19.1. The van der Waals surface area contributed by atoms with Gasteiger partial charge in [-0.15, -0.1) is 0 Å². The van der Waals surface area contributed by atoms with E-state index in [9.17, 15) is 24.3 Å². The molecule has 0 bridgehead atoms. The lowest BCUT2D eigenvalue weighted by Crippen LogP contribution is -2.57. The standard InChI is InChI=1S/C26H41N7O5S/c27-11-5-3-9-20(31-23(34)18(29)13-16-14-30-19-8-2-1-7-17(16)19)24(35)33-22(15-39)25(36)32-21(26(37)38)10-4-6-12-28/h1-2,7-8,14,18,20-22,30,39H,3-6,9-13,15,27-29H2,(H,31,34)(H,32,36)(H,33,35)(H,37,38). The Morgan fingerprint density at radius 3 is 2.03 bits per heavy atom. The molecule has 11 N–H and O–H groups in total. The molecule has 1 aromatic heterocycles. The monoisotopic (exact) mass is 563 g/mol. The van der Waals surface area contributed by atoms with Crippen LogP contribution in [0.25, 0.3) is 10.9 Å². The van der Waals surface area contributed by atoms with Crippen molar-refractivity contribution in [3.8, 4) is 0 Å². The summed E-state index contributed by atoms with van der Waals surface area (Å²) < 4.78 is 0. The molecule has 0 saturated heterocycles. The third-order valence-corrected chi connectivity index (χ3v) is 6.77. The number of unbranched alkanes of at least 4 members (excludes halogenated alkanes) is 2. The van der Waals surface area contributed by atoms with Crippen LogP contribution < -0.4 is 33.2 Å². The topological polar surface area (TPSA) is 218 Å². The Balaban J connectivity index is 2.04. The first-order valence-electron chi connectivity index (χ1n) is 13.2. The summed E-state index contributed by atoms with van der Waals surface area (Å²) in [7, 11) is 0. The smallest absolute Gasteiger partial charge is 0.326 e. The van der Waals surface area contributed by atoms with E-state index in [1.54, 1.807) is 6.20 Å². The van der Waals surface area contributed by atoms with Crippen molar-refractivity contribution in [2.24, 2.45) is 17.2 Å². The van der Waals surface area contributed by atoms with Crippen molar-refractivity contribution >= 4 is 47.2 Å². The maximum absolute atomic E-state index is 13.1. The third-order valence-electron chi connectivity index (χ3n) is 6.41. The molecule has 3 amide bonds. The molecular formula is C26H41N7O5S. The lowest BCUT2D eigenvalue weighted by molar-refractivity contribution is -0.142. The highest BCUT2D eigenvalue weighted by molar-refractivity contribution is 7.80. The summed E-state index contributed by atoms with van der Waals surface area (Å²) in [5.74, 6) is -3.03. The second kappa shape index (κ2) is 16.7. The normalized spacial score (nSPS) is 14.3. The number of fused-ring (bicyclic) bond motifs is 1. The van der Waals surface area contributed by atoms with E-state index in [2.05, 4.69) is 33.6 Å². The van der Waals surface area contributed by atoms with E-state index in [4.69, 9.17) is 17.2 Å². The number of aliphatic carboxylic acids is 1. The molecule has 0 saturated carbocycles. The number of nitrogens with one attached hydrogen (secondary N) is 4. The molecule has 2 rings (SSSR count). The first-order valence-corrected chi connectivity index (χ1v) is 13.8. The van der Waals surface area contributed by atoms with E-state index in [-0.39, 0.29) is 25.0 Å². The molecule has 1 aromatic carbocycles. The first kappa shape index (κ1) is 32.1. The number of carbonyl (C=O) groups excluding carboxylic acids is 3. The van der Waals surface area contributed by atoms with Crippen molar-refractivity contribution in [2.75, 3.05) is 18.8 Å². The second-order valence-corrected chi connectivity index (χ2v) is 9.81. The largest absolute Gasteiger partial charge is 0.480 e. The molecule has 0 radical (unpaired) electrons. The van der Waals surface area contributed by atoms with Gasteiger partial charge in [-0.1, -0.05) is 18.2 Å². The molecule has 4 unspecified atom stereocenters. The van der Waals surface area contributed by atoms with Gasteiger partial charge in [0.05, 0.1) is 6.04 Å². The predicted octanol–water partition coefficient (Wildman–Crippen LogP) is -0.235. The second-order valence-electron chi connectivity index (χ2n) is 9.44. The number of hydrogen-bond acceptors (Lipinski definition) is 8. The van der Waals surface area contributed by atoms with Gasteiger partial charge >= 0.3 is 5.97 Å². The number of para-hydroxylation sites is 1. The van der Waals surface area contributed by atoms with Crippen LogP contribution in [0.4, 0.5) is 0 Å². The molecule has 39 heavy (non-hydrogen) atoms. The van der Waals surface area contributed by atoms with Gasteiger partial charge in [0.1, 0.15) is 18.1 Å². The number of benzene rings is 1. The highest BCUT2D eigenvalue weighted by atomic mass is 32.1. The molecule has 1 heterocycles. The first-order chi connectivity index (χ1) is 18.7. The van der Waals surface area contributed by atoms with E-state index in [1.165, 1.54) is 0 Å². The van der Waals surface area contributed by atoms with Crippen molar-refractivity contribution in [3.63, 3.8) is 0 Å². The van der Waals surface area contributed by atoms with E-state index in [1.807, 2.05) is 24.3 Å². The van der Waals surface area contributed by atoms with Crippen LogP contribution in [0, 0.1) is 0 Å². The zero-order valence-corrected chi connectivity index (χ0v) is 22.9. The molecule has 2 aromatic rings. The van der Waals surface area contributed by atoms with Gasteiger partial charge in [-0.3, -0.25) is 14.4 Å². The zero-order valence-electron chi connectivity index (χ0n) is 22.0. The van der Waals surface area contributed by atoms with E-state index < -0.39 is 47.9 Å². The number of hydrogen-bond donors (Lipinski definition) is 9. The Hall–Kier alpha value is -3.13. The van der Waals surface area contributed by atoms with Crippen molar-refractivity contribution in [1.29, 1.82) is 0 Å². The SMILES string of the molecule is NCCCCC(NC(=O)C(CS)NC(=O)C(CCCCN)NC(=O)C(N)Cc1c[nH]c2ccccc12)C(=O)O. The third kappa shape index (κ3) is 10.2. The molecule has 0 aliphatic rings. The molecule has 0 spiro atoms. The van der Waals surface area contributed by atoms with Crippen LogP contribution >= 0.6 is 12.6 Å². The van der Waals surface area contributed by atoms with Crippen LogP contribution in [-0.4, -0.2) is 76.8 Å². The molecule has 216 valence electrons. The average molecular weight is 564 g/mol. The quantitative estimate of drug-likeness (QED) is 0.0868. The van der Waals surface area contributed by atoms with E-state index in [0.717, 1.165) is 16.5 Å². The highest BCUT2D eigenvalue weighted by Crippen LogP contribution is 2.19. The number of amides is 3. The van der Waals surface area contributed by atoms with Crippen LogP contribution in [0.5, 0.6) is 0 Å². The number of rotatable bonds is 18.